The molecule has 0 spiro atoms. The number of aromatic nitrogens is 1. The van der Waals surface area contributed by atoms with Crippen molar-refractivity contribution >= 4 is 11.7 Å². The molecule has 2 aromatic rings. The number of benzene rings is 1. The van der Waals surface area contributed by atoms with Gasteiger partial charge in [0.25, 0.3) is 0 Å². The standard InChI is InChI=1S/C20H18F2N2O2/c21-18-9-8-17(19(22)23-18)14-10-15-6-7-16(11-14)24(15)20(25)26-12-13-4-2-1-3-5-13/h1-5,8-10,15-16H,6-7,11-12H2. The summed E-state index contributed by atoms with van der Waals surface area (Å²) in [5.74, 6) is -1.65. The van der Waals surface area contributed by atoms with E-state index in [0.717, 1.165) is 30.0 Å². The van der Waals surface area contributed by atoms with Crippen LogP contribution in [0.2, 0.25) is 0 Å². The zero-order valence-electron chi connectivity index (χ0n) is 14.1. The molecule has 2 aliphatic heterocycles. The van der Waals surface area contributed by atoms with E-state index in [2.05, 4.69) is 4.98 Å². The third kappa shape index (κ3) is 3.19. The van der Waals surface area contributed by atoms with E-state index in [1.807, 2.05) is 36.4 Å². The first-order valence-electron chi connectivity index (χ1n) is 8.64. The highest BCUT2D eigenvalue weighted by Gasteiger charge is 2.41. The fourth-order valence-electron chi connectivity index (χ4n) is 3.76. The summed E-state index contributed by atoms with van der Waals surface area (Å²) in [5.41, 5.74) is 2.01. The second-order valence-electron chi connectivity index (χ2n) is 6.61. The van der Waals surface area contributed by atoms with E-state index < -0.39 is 11.9 Å². The van der Waals surface area contributed by atoms with Gasteiger partial charge in [-0.3, -0.25) is 4.90 Å². The number of ether oxygens (including phenoxy) is 1. The van der Waals surface area contributed by atoms with Crippen LogP contribution in [0.5, 0.6) is 0 Å². The Kier molecular flexibility index (Phi) is 4.41. The van der Waals surface area contributed by atoms with Crippen LogP contribution in [0.15, 0.2) is 48.5 Å². The van der Waals surface area contributed by atoms with E-state index in [-0.39, 0.29) is 24.8 Å². The van der Waals surface area contributed by atoms with E-state index in [1.54, 1.807) is 4.90 Å². The molecule has 1 fully saturated rings. The van der Waals surface area contributed by atoms with Gasteiger partial charge in [0.05, 0.1) is 6.04 Å². The molecule has 6 heteroatoms. The van der Waals surface area contributed by atoms with Gasteiger partial charge in [0.1, 0.15) is 6.61 Å². The second kappa shape index (κ2) is 6.86. The predicted octanol–water partition coefficient (Wildman–Crippen LogP) is 4.32. The Balaban J connectivity index is 1.49. The number of halogens is 2. The summed E-state index contributed by atoms with van der Waals surface area (Å²) in [7, 11) is 0. The second-order valence-corrected chi connectivity index (χ2v) is 6.61. The maximum Gasteiger partial charge on any atom is 0.410 e. The number of amides is 1. The Hall–Kier alpha value is -2.76. The Bertz CT molecular complexity index is 854. The van der Waals surface area contributed by atoms with Gasteiger partial charge >= 0.3 is 6.09 Å². The molecule has 4 rings (SSSR count). The maximum absolute atomic E-state index is 14.0. The average molecular weight is 356 g/mol. The van der Waals surface area contributed by atoms with Crippen LogP contribution in [-0.2, 0) is 11.3 Å². The van der Waals surface area contributed by atoms with Crippen LogP contribution in [0.1, 0.15) is 30.4 Å². The lowest BCUT2D eigenvalue weighted by atomic mass is 9.96. The minimum atomic E-state index is -0.836. The highest BCUT2D eigenvalue weighted by molar-refractivity contribution is 5.74. The van der Waals surface area contributed by atoms with E-state index in [9.17, 15) is 13.6 Å². The molecule has 26 heavy (non-hydrogen) atoms. The van der Waals surface area contributed by atoms with Crippen LogP contribution in [0.25, 0.3) is 5.57 Å². The topological polar surface area (TPSA) is 42.4 Å². The molecule has 134 valence electrons. The molecule has 0 N–H and O–H groups in total. The van der Waals surface area contributed by atoms with Crippen molar-refractivity contribution in [2.24, 2.45) is 0 Å². The van der Waals surface area contributed by atoms with Gasteiger partial charge in [0.2, 0.25) is 11.9 Å². The highest BCUT2D eigenvalue weighted by Crippen LogP contribution is 2.39. The van der Waals surface area contributed by atoms with Crippen molar-refractivity contribution in [3.63, 3.8) is 0 Å². The Morgan fingerprint density at radius 2 is 1.96 bits per heavy atom. The number of fused-ring (bicyclic) bond motifs is 2. The largest absolute Gasteiger partial charge is 0.445 e. The summed E-state index contributed by atoms with van der Waals surface area (Å²) in [5, 5.41) is 0. The lowest BCUT2D eigenvalue weighted by Crippen LogP contribution is -2.43. The number of pyridine rings is 1. The minimum Gasteiger partial charge on any atom is -0.445 e. The lowest BCUT2D eigenvalue weighted by molar-refractivity contribution is 0.0832. The van der Waals surface area contributed by atoms with E-state index in [1.165, 1.54) is 6.07 Å². The average Bonchev–Trinajstić information content (AvgIpc) is 2.90. The van der Waals surface area contributed by atoms with E-state index in [4.69, 9.17) is 4.74 Å². The van der Waals surface area contributed by atoms with Gasteiger partial charge in [-0.25, -0.2) is 4.79 Å². The van der Waals surface area contributed by atoms with Gasteiger partial charge in [0.15, 0.2) is 0 Å². The predicted molar refractivity (Wildman–Crippen MR) is 92.0 cm³/mol. The molecule has 1 saturated heterocycles. The first-order valence-corrected chi connectivity index (χ1v) is 8.64. The number of carbonyl (C=O) groups is 1. The van der Waals surface area contributed by atoms with Crippen LogP contribution >= 0.6 is 0 Å². The molecule has 2 atom stereocenters. The Morgan fingerprint density at radius 3 is 2.69 bits per heavy atom. The van der Waals surface area contributed by atoms with Crippen molar-refractivity contribution < 1.29 is 18.3 Å². The summed E-state index contributed by atoms with van der Waals surface area (Å²) in [6.45, 7) is 0.225. The molecule has 1 aromatic carbocycles. The molecular weight excluding hydrogens is 338 g/mol. The molecule has 2 aliphatic rings. The summed E-state index contributed by atoms with van der Waals surface area (Å²) >= 11 is 0. The third-order valence-electron chi connectivity index (χ3n) is 4.97. The summed E-state index contributed by atoms with van der Waals surface area (Å²) in [6, 6.07) is 11.9. The van der Waals surface area contributed by atoms with Crippen LogP contribution in [0, 0.1) is 11.9 Å². The molecule has 0 radical (unpaired) electrons. The molecule has 2 unspecified atom stereocenters. The number of carbonyl (C=O) groups excluding carboxylic acids is 1. The highest BCUT2D eigenvalue weighted by atomic mass is 19.1. The molecule has 1 aromatic heterocycles. The van der Waals surface area contributed by atoms with Crippen molar-refractivity contribution in [1.82, 2.24) is 9.88 Å². The third-order valence-corrected chi connectivity index (χ3v) is 4.97. The fraction of sp³-hybridized carbons (Fsp3) is 0.300. The maximum atomic E-state index is 14.0. The number of hydrogen-bond donors (Lipinski definition) is 0. The van der Waals surface area contributed by atoms with Gasteiger partial charge < -0.3 is 4.74 Å². The summed E-state index contributed by atoms with van der Waals surface area (Å²) in [6.07, 6.45) is 3.69. The van der Waals surface area contributed by atoms with Crippen molar-refractivity contribution in [2.75, 3.05) is 0 Å². The monoisotopic (exact) mass is 356 g/mol. The Morgan fingerprint density at radius 1 is 1.15 bits per heavy atom. The van der Waals surface area contributed by atoms with Gasteiger partial charge in [-0.2, -0.15) is 13.8 Å². The first kappa shape index (κ1) is 16.7. The minimum absolute atomic E-state index is 0.0345. The quantitative estimate of drug-likeness (QED) is 0.770. The normalized spacial score (nSPS) is 21.5. The lowest BCUT2D eigenvalue weighted by Gasteiger charge is -2.33. The van der Waals surface area contributed by atoms with Crippen LogP contribution in [0.4, 0.5) is 13.6 Å². The molecule has 0 saturated carbocycles. The number of hydrogen-bond acceptors (Lipinski definition) is 3. The summed E-state index contributed by atoms with van der Waals surface area (Å²) in [4.78, 5) is 17.5. The molecule has 4 nitrogen and oxygen atoms in total. The van der Waals surface area contributed by atoms with Gasteiger partial charge in [0, 0.05) is 11.6 Å². The first-order chi connectivity index (χ1) is 12.6. The SMILES string of the molecule is O=C(OCc1ccccc1)N1C2C=C(c3ccc(F)nc3F)CC1CC2. The smallest absolute Gasteiger partial charge is 0.410 e. The van der Waals surface area contributed by atoms with Crippen LogP contribution in [-0.4, -0.2) is 28.1 Å². The number of rotatable bonds is 3. The molecule has 3 heterocycles. The van der Waals surface area contributed by atoms with Crippen LogP contribution < -0.4 is 0 Å². The van der Waals surface area contributed by atoms with Gasteiger partial charge in [-0.1, -0.05) is 36.4 Å². The van der Waals surface area contributed by atoms with Crippen molar-refractivity contribution in [1.29, 1.82) is 0 Å². The number of nitrogens with zero attached hydrogens (tertiary/aromatic N) is 2. The van der Waals surface area contributed by atoms with Crippen molar-refractivity contribution in [3.05, 3.63) is 71.6 Å². The summed E-state index contributed by atoms with van der Waals surface area (Å²) < 4.78 is 32.5. The zero-order valence-corrected chi connectivity index (χ0v) is 14.1. The van der Waals surface area contributed by atoms with Crippen LogP contribution in [0.3, 0.4) is 0 Å². The van der Waals surface area contributed by atoms with E-state index in [0.29, 0.717) is 12.0 Å². The zero-order chi connectivity index (χ0) is 18.1. The van der Waals surface area contributed by atoms with E-state index >= 15 is 0 Å². The van der Waals surface area contributed by atoms with Gasteiger partial charge in [-0.05, 0) is 42.5 Å². The fourth-order valence-corrected chi connectivity index (χ4v) is 3.76. The van der Waals surface area contributed by atoms with Crippen molar-refractivity contribution in [3.8, 4) is 0 Å². The van der Waals surface area contributed by atoms with Crippen molar-refractivity contribution in [2.45, 2.75) is 38.0 Å². The molecule has 2 bridgehead atoms. The molecular formula is C20H18F2N2O2. The molecule has 0 aliphatic carbocycles. The Labute approximate surface area is 150 Å². The van der Waals surface area contributed by atoms with Gasteiger partial charge in [-0.15, -0.1) is 0 Å². The molecule has 1 amide bonds.